The SMILES string of the molecule is Cc1cnc2nc(-c3cc(NC(=O)C(c4ccccc4)C(C)C)ccc3Cl)[nH]c2c1. The van der Waals surface area contributed by atoms with Gasteiger partial charge >= 0.3 is 0 Å². The fourth-order valence-electron chi connectivity index (χ4n) is 3.64. The molecular weight excluding hydrogens is 396 g/mol. The van der Waals surface area contributed by atoms with E-state index >= 15 is 0 Å². The zero-order valence-corrected chi connectivity index (χ0v) is 17.9. The van der Waals surface area contributed by atoms with Crippen molar-refractivity contribution in [1.82, 2.24) is 15.0 Å². The zero-order valence-electron chi connectivity index (χ0n) is 17.1. The van der Waals surface area contributed by atoms with Crippen molar-refractivity contribution in [3.63, 3.8) is 0 Å². The quantitative estimate of drug-likeness (QED) is 0.419. The highest BCUT2D eigenvalue weighted by Gasteiger charge is 2.24. The lowest BCUT2D eigenvalue weighted by atomic mass is 9.87. The topological polar surface area (TPSA) is 70.7 Å². The average molecular weight is 419 g/mol. The molecule has 0 saturated heterocycles. The molecule has 4 aromatic rings. The van der Waals surface area contributed by atoms with E-state index in [4.69, 9.17) is 11.6 Å². The number of amides is 1. The fraction of sp³-hybridized carbons (Fsp3) is 0.208. The molecule has 2 aromatic carbocycles. The molecule has 4 rings (SSSR count). The van der Waals surface area contributed by atoms with Crippen LogP contribution in [0, 0.1) is 12.8 Å². The molecule has 1 unspecified atom stereocenters. The van der Waals surface area contributed by atoms with Gasteiger partial charge < -0.3 is 10.3 Å². The number of aromatic nitrogens is 3. The molecule has 0 saturated carbocycles. The molecule has 2 aromatic heterocycles. The Morgan fingerprint density at radius 2 is 1.87 bits per heavy atom. The summed E-state index contributed by atoms with van der Waals surface area (Å²) >= 11 is 6.44. The summed E-state index contributed by atoms with van der Waals surface area (Å²) in [7, 11) is 0. The lowest BCUT2D eigenvalue weighted by Crippen LogP contribution is -2.25. The molecule has 0 spiro atoms. The smallest absolute Gasteiger partial charge is 0.232 e. The van der Waals surface area contributed by atoms with Gasteiger partial charge in [0, 0.05) is 17.4 Å². The molecule has 0 aliphatic heterocycles. The molecule has 6 heteroatoms. The van der Waals surface area contributed by atoms with E-state index in [0.29, 0.717) is 27.7 Å². The Bertz CT molecular complexity index is 1200. The van der Waals surface area contributed by atoms with Crippen molar-refractivity contribution >= 4 is 34.4 Å². The van der Waals surface area contributed by atoms with Crippen LogP contribution < -0.4 is 5.32 Å². The molecule has 2 N–H and O–H groups in total. The minimum absolute atomic E-state index is 0.0497. The number of hydrogen-bond acceptors (Lipinski definition) is 3. The van der Waals surface area contributed by atoms with Crippen LogP contribution in [0.25, 0.3) is 22.6 Å². The predicted octanol–water partition coefficient (Wildman–Crippen LogP) is 5.97. The molecule has 0 radical (unpaired) electrons. The number of carbonyl (C=O) groups excluding carboxylic acids is 1. The van der Waals surface area contributed by atoms with Gasteiger partial charge in [-0.1, -0.05) is 55.8 Å². The van der Waals surface area contributed by atoms with Gasteiger partial charge in [0.2, 0.25) is 5.91 Å². The van der Waals surface area contributed by atoms with Gasteiger partial charge in [-0.2, -0.15) is 0 Å². The Labute approximate surface area is 180 Å². The largest absolute Gasteiger partial charge is 0.337 e. The van der Waals surface area contributed by atoms with Crippen molar-refractivity contribution < 1.29 is 4.79 Å². The van der Waals surface area contributed by atoms with Crippen molar-refractivity contribution in [3.05, 3.63) is 76.9 Å². The third-order valence-corrected chi connectivity index (χ3v) is 5.40. The van der Waals surface area contributed by atoms with Crippen LogP contribution in [-0.2, 0) is 4.79 Å². The number of pyridine rings is 1. The van der Waals surface area contributed by atoms with Gasteiger partial charge in [-0.3, -0.25) is 4.79 Å². The number of nitrogens with one attached hydrogen (secondary N) is 2. The van der Waals surface area contributed by atoms with Gasteiger partial charge in [-0.15, -0.1) is 0 Å². The normalized spacial score (nSPS) is 12.3. The van der Waals surface area contributed by atoms with Crippen LogP contribution in [-0.4, -0.2) is 20.9 Å². The first-order valence-corrected chi connectivity index (χ1v) is 10.3. The lowest BCUT2D eigenvalue weighted by molar-refractivity contribution is -0.118. The Kier molecular flexibility index (Phi) is 5.55. The summed E-state index contributed by atoms with van der Waals surface area (Å²) in [5.41, 5.74) is 4.91. The first kappa shape index (κ1) is 20.1. The number of anilines is 1. The second kappa shape index (κ2) is 8.28. The third-order valence-electron chi connectivity index (χ3n) is 5.07. The van der Waals surface area contributed by atoms with Crippen LogP contribution >= 0.6 is 11.6 Å². The second-order valence-electron chi connectivity index (χ2n) is 7.79. The van der Waals surface area contributed by atoms with Crippen molar-refractivity contribution in [2.75, 3.05) is 5.32 Å². The standard InChI is InChI=1S/C24H23ClN4O/c1-14(2)21(16-7-5-4-6-8-16)24(30)27-17-9-10-19(25)18(12-17)22-28-20-11-15(3)13-26-23(20)29-22/h4-14,21H,1-3H3,(H,27,30)(H,26,28,29). The maximum absolute atomic E-state index is 13.1. The number of nitrogens with zero attached hydrogens (tertiary/aromatic N) is 2. The van der Waals surface area contributed by atoms with Gasteiger partial charge in [0.25, 0.3) is 0 Å². The molecule has 5 nitrogen and oxygen atoms in total. The second-order valence-corrected chi connectivity index (χ2v) is 8.19. The van der Waals surface area contributed by atoms with Gasteiger partial charge in [0.1, 0.15) is 5.82 Å². The van der Waals surface area contributed by atoms with Crippen molar-refractivity contribution in [1.29, 1.82) is 0 Å². The molecule has 30 heavy (non-hydrogen) atoms. The third kappa shape index (κ3) is 4.07. The minimum Gasteiger partial charge on any atom is -0.337 e. The Hall–Kier alpha value is -3.18. The molecule has 152 valence electrons. The van der Waals surface area contributed by atoms with E-state index in [2.05, 4.69) is 20.3 Å². The van der Waals surface area contributed by atoms with Gasteiger partial charge in [-0.25, -0.2) is 9.97 Å². The Balaban J connectivity index is 1.64. The number of H-pyrrole nitrogens is 1. The van der Waals surface area contributed by atoms with E-state index in [1.165, 1.54) is 0 Å². The zero-order chi connectivity index (χ0) is 21.3. The van der Waals surface area contributed by atoms with Crippen LogP contribution in [0.15, 0.2) is 60.8 Å². The van der Waals surface area contributed by atoms with Crippen LogP contribution in [0.1, 0.15) is 30.9 Å². The maximum Gasteiger partial charge on any atom is 0.232 e. The van der Waals surface area contributed by atoms with E-state index in [9.17, 15) is 4.79 Å². The van der Waals surface area contributed by atoms with E-state index in [-0.39, 0.29) is 17.7 Å². The molecule has 2 heterocycles. The Morgan fingerprint density at radius 3 is 2.60 bits per heavy atom. The average Bonchev–Trinajstić information content (AvgIpc) is 3.13. The van der Waals surface area contributed by atoms with E-state index in [1.807, 2.05) is 63.2 Å². The first-order chi connectivity index (χ1) is 14.4. The molecule has 0 fully saturated rings. The highest BCUT2D eigenvalue weighted by atomic mass is 35.5. The number of fused-ring (bicyclic) bond motifs is 1. The van der Waals surface area contributed by atoms with Crippen LogP contribution in [0.4, 0.5) is 5.69 Å². The summed E-state index contributed by atoms with van der Waals surface area (Å²) in [5.74, 6) is 0.478. The minimum atomic E-state index is -0.247. The monoisotopic (exact) mass is 418 g/mol. The van der Waals surface area contributed by atoms with Gasteiger partial charge in [0.15, 0.2) is 5.65 Å². The molecule has 1 atom stereocenters. The highest BCUT2D eigenvalue weighted by molar-refractivity contribution is 6.33. The van der Waals surface area contributed by atoms with Crippen molar-refractivity contribution in [2.24, 2.45) is 5.92 Å². The Morgan fingerprint density at radius 1 is 1.10 bits per heavy atom. The van der Waals surface area contributed by atoms with E-state index in [1.54, 1.807) is 18.3 Å². The molecular formula is C24H23ClN4O. The molecule has 0 aliphatic carbocycles. The maximum atomic E-state index is 13.1. The van der Waals surface area contributed by atoms with Crippen LogP contribution in [0.5, 0.6) is 0 Å². The number of aromatic amines is 1. The molecule has 1 amide bonds. The van der Waals surface area contributed by atoms with Gasteiger partial charge in [0.05, 0.1) is 16.5 Å². The summed E-state index contributed by atoms with van der Waals surface area (Å²) in [6.07, 6.45) is 1.78. The van der Waals surface area contributed by atoms with E-state index in [0.717, 1.165) is 16.6 Å². The number of rotatable bonds is 5. The van der Waals surface area contributed by atoms with Crippen LogP contribution in [0.2, 0.25) is 5.02 Å². The molecule has 0 bridgehead atoms. The summed E-state index contributed by atoms with van der Waals surface area (Å²) in [6, 6.07) is 17.2. The summed E-state index contributed by atoms with van der Waals surface area (Å²) in [6.45, 7) is 6.08. The lowest BCUT2D eigenvalue weighted by Gasteiger charge is -2.21. The van der Waals surface area contributed by atoms with Gasteiger partial charge in [-0.05, 0) is 48.2 Å². The summed E-state index contributed by atoms with van der Waals surface area (Å²) < 4.78 is 0. The number of carbonyl (C=O) groups is 1. The predicted molar refractivity (Wildman–Crippen MR) is 122 cm³/mol. The number of imidazole rings is 1. The van der Waals surface area contributed by atoms with Crippen molar-refractivity contribution in [2.45, 2.75) is 26.7 Å². The van der Waals surface area contributed by atoms with Crippen LogP contribution in [0.3, 0.4) is 0 Å². The summed E-state index contributed by atoms with van der Waals surface area (Å²) in [4.78, 5) is 25.3. The highest BCUT2D eigenvalue weighted by Crippen LogP contribution is 2.31. The van der Waals surface area contributed by atoms with E-state index < -0.39 is 0 Å². The summed E-state index contributed by atoms with van der Waals surface area (Å²) in [5, 5.41) is 3.60. The van der Waals surface area contributed by atoms with Crippen molar-refractivity contribution in [3.8, 4) is 11.4 Å². The number of benzene rings is 2. The number of aryl methyl sites for hydroxylation is 1. The number of halogens is 1. The number of hydrogen-bond donors (Lipinski definition) is 2. The fourth-order valence-corrected chi connectivity index (χ4v) is 3.84. The molecule has 0 aliphatic rings. The first-order valence-electron chi connectivity index (χ1n) is 9.90.